The first-order chi connectivity index (χ1) is 9.24. The van der Waals surface area contributed by atoms with E-state index in [1.165, 1.54) is 5.56 Å². The van der Waals surface area contributed by atoms with Crippen LogP contribution in [0.3, 0.4) is 0 Å². The molecule has 0 saturated carbocycles. The highest BCUT2D eigenvalue weighted by Gasteiger charge is 2.07. The van der Waals surface area contributed by atoms with E-state index < -0.39 is 0 Å². The van der Waals surface area contributed by atoms with Gasteiger partial charge in [0.2, 0.25) is 0 Å². The van der Waals surface area contributed by atoms with Gasteiger partial charge < -0.3 is 10.1 Å². The first-order valence-corrected chi connectivity index (χ1v) is 6.47. The Hall–Kier alpha value is -2.00. The molecule has 0 radical (unpaired) electrons. The molecule has 19 heavy (non-hydrogen) atoms. The van der Waals surface area contributed by atoms with E-state index >= 15 is 0 Å². The maximum atomic E-state index is 9.57. The van der Waals surface area contributed by atoms with Gasteiger partial charge in [0.15, 0.2) is 0 Å². The van der Waals surface area contributed by atoms with Gasteiger partial charge >= 0.3 is 0 Å². The Morgan fingerprint density at radius 3 is 2.63 bits per heavy atom. The third-order valence-corrected chi connectivity index (χ3v) is 3.22. The molecule has 0 unspecified atom stereocenters. The van der Waals surface area contributed by atoms with Gasteiger partial charge in [-0.05, 0) is 30.2 Å². The van der Waals surface area contributed by atoms with Gasteiger partial charge in [-0.25, -0.2) is 0 Å². The fraction of sp³-hybridized carbons (Fsp3) is 0.250. The SMILES string of the molecule is C=CCN(CC=C)CCc1c[nH]c2ccc(O)cc12. The maximum Gasteiger partial charge on any atom is 0.116 e. The van der Waals surface area contributed by atoms with Gasteiger partial charge in [0.1, 0.15) is 5.75 Å². The molecule has 0 saturated heterocycles. The van der Waals surface area contributed by atoms with E-state index in [1.807, 2.05) is 30.5 Å². The van der Waals surface area contributed by atoms with Gasteiger partial charge in [-0.1, -0.05) is 12.2 Å². The Kier molecular flexibility index (Phi) is 4.42. The first-order valence-electron chi connectivity index (χ1n) is 6.47. The quantitative estimate of drug-likeness (QED) is 0.747. The molecular formula is C16H20N2O. The van der Waals surface area contributed by atoms with E-state index in [9.17, 15) is 5.11 Å². The number of fused-ring (bicyclic) bond motifs is 1. The summed E-state index contributed by atoms with van der Waals surface area (Å²) in [7, 11) is 0. The zero-order chi connectivity index (χ0) is 13.7. The number of H-pyrrole nitrogens is 1. The van der Waals surface area contributed by atoms with Gasteiger partial charge in [-0.3, -0.25) is 4.90 Å². The Labute approximate surface area is 113 Å². The molecule has 0 aliphatic rings. The molecule has 2 aromatic rings. The van der Waals surface area contributed by atoms with E-state index in [1.54, 1.807) is 6.07 Å². The highest BCUT2D eigenvalue weighted by atomic mass is 16.3. The summed E-state index contributed by atoms with van der Waals surface area (Å²) in [6.45, 7) is 10.2. The van der Waals surface area contributed by atoms with Crippen LogP contribution in [0.1, 0.15) is 5.56 Å². The molecular weight excluding hydrogens is 236 g/mol. The molecule has 0 bridgehead atoms. The third kappa shape index (κ3) is 3.26. The number of phenolic OH excluding ortho intramolecular Hbond substituents is 1. The number of hydrogen-bond acceptors (Lipinski definition) is 2. The fourth-order valence-electron chi connectivity index (χ4n) is 2.27. The second-order valence-corrected chi connectivity index (χ2v) is 4.63. The summed E-state index contributed by atoms with van der Waals surface area (Å²) in [6, 6.07) is 5.41. The number of rotatable bonds is 7. The molecule has 0 aliphatic heterocycles. The van der Waals surface area contributed by atoms with Crippen LogP contribution >= 0.6 is 0 Å². The molecule has 1 aromatic carbocycles. The molecule has 1 heterocycles. The Balaban J connectivity index is 2.10. The lowest BCUT2D eigenvalue weighted by Crippen LogP contribution is -2.26. The minimum Gasteiger partial charge on any atom is -0.508 e. The molecule has 100 valence electrons. The average Bonchev–Trinajstić information content (AvgIpc) is 2.79. The summed E-state index contributed by atoms with van der Waals surface area (Å²) < 4.78 is 0. The van der Waals surface area contributed by atoms with Crippen molar-refractivity contribution in [2.75, 3.05) is 19.6 Å². The topological polar surface area (TPSA) is 39.3 Å². The van der Waals surface area contributed by atoms with Gasteiger partial charge in [0, 0.05) is 36.7 Å². The lowest BCUT2D eigenvalue weighted by Gasteiger charge is -2.18. The molecule has 3 heteroatoms. The lowest BCUT2D eigenvalue weighted by molar-refractivity contribution is 0.340. The minimum absolute atomic E-state index is 0.308. The van der Waals surface area contributed by atoms with Gasteiger partial charge in [0.25, 0.3) is 0 Å². The van der Waals surface area contributed by atoms with Crippen molar-refractivity contribution in [3.05, 3.63) is 55.3 Å². The van der Waals surface area contributed by atoms with Crippen molar-refractivity contribution >= 4 is 10.9 Å². The van der Waals surface area contributed by atoms with Crippen LogP contribution in [-0.4, -0.2) is 34.6 Å². The predicted molar refractivity (Wildman–Crippen MR) is 80.5 cm³/mol. The number of nitrogens with zero attached hydrogens (tertiary/aromatic N) is 1. The van der Waals surface area contributed by atoms with Gasteiger partial charge in [-0.2, -0.15) is 0 Å². The number of hydrogen-bond donors (Lipinski definition) is 2. The van der Waals surface area contributed by atoms with Crippen molar-refractivity contribution in [2.45, 2.75) is 6.42 Å². The van der Waals surface area contributed by atoms with Crippen LogP contribution in [-0.2, 0) is 6.42 Å². The number of phenols is 1. The Morgan fingerprint density at radius 2 is 1.95 bits per heavy atom. The van der Waals surface area contributed by atoms with Crippen molar-refractivity contribution in [3.8, 4) is 5.75 Å². The molecule has 0 aliphatic carbocycles. The second kappa shape index (κ2) is 6.25. The molecule has 2 rings (SSSR count). The largest absolute Gasteiger partial charge is 0.508 e. The monoisotopic (exact) mass is 256 g/mol. The Bertz CT molecular complexity index is 561. The smallest absolute Gasteiger partial charge is 0.116 e. The van der Waals surface area contributed by atoms with Crippen molar-refractivity contribution in [3.63, 3.8) is 0 Å². The zero-order valence-electron chi connectivity index (χ0n) is 11.1. The van der Waals surface area contributed by atoms with Crippen LogP contribution < -0.4 is 0 Å². The van der Waals surface area contributed by atoms with Crippen LogP contribution in [0.15, 0.2) is 49.7 Å². The van der Waals surface area contributed by atoms with E-state index in [-0.39, 0.29) is 0 Å². The van der Waals surface area contributed by atoms with Gasteiger partial charge in [-0.15, -0.1) is 13.2 Å². The number of aromatic hydroxyl groups is 1. The number of aromatic amines is 1. The number of benzene rings is 1. The molecule has 0 spiro atoms. The lowest BCUT2D eigenvalue weighted by atomic mass is 10.1. The summed E-state index contributed by atoms with van der Waals surface area (Å²) in [6.07, 6.45) is 6.77. The third-order valence-electron chi connectivity index (χ3n) is 3.22. The summed E-state index contributed by atoms with van der Waals surface area (Å²) in [5.74, 6) is 0.308. The molecule has 0 amide bonds. The van der Waals surface area contributed by atoms with E-state index in [4.69, 9.17) is 0 Å². The van der Waals surface area contributed by atoms with E-state index in [2.05, 4.69) is 23.0 Å². The molecule has 0 fully saturated rings. The average molecular weight is 256 g/mol. The summed E-state index contributed by atoms with van der Waals surface area (Å²) in [5, 5.41) is 10.7. The van der Waals surface area contributed by atoms with Crippen molar-refractivity contribution in [1.29, 1.82) is 0 Å². The molecule has 0 atom stereocenters. The van der Waals surface area contributed by atoms with Crippen LogP contribution in [0.4, 0.5) is 0 Å². The first kappa shape index (κ1) is 13.4. The molecule has 3 nitrogen and oxygen atoms in total. The zero-order valence-corrected chi connectivity index (χ0v) is 11.1. The van der Waals surface area contributed by atoms with E-state index in [0.717, 1.165) is 37.0 Å². The minimum atomic E-state index is 0.308. The Morgan fingerprint density at radius 1 is 1.21 bits per heavy atom. The number of aromatic nitrogens is 1. The van der Waals surface area contributed by atoms with Crippen LogP contribution in [0, 0.1) is 0 Å². The predicted octanol–water partition coefficient (Wildman–Crippen LogP) is 3.09. The van der Waals surface area contributed by atoms with Gasteiger partial charge in [0.05, 0.1) is 0 Å². The summed E-state index contributed by atoms with van der Waals surface area (Å²) in [4.78, 5) is 5.51. The standard InChI is InChI=1S/C16H20N2O/c1-3-8-18(9-4-2)10-7-13-12-17-16-6-5-14(19)11-15(13)16/h3-6,11-12,17,19H,1-2,7-10H2. The summed E-state index contributed by atoms with van der Waals surface area (Å²) in [5.41, 5.74) is 2.29. The number of nitrogens with one attached hydrogen (secondary N) is 1. The van der Waals surface area contributed by atoms with Crippen molar-refractivity contribution < 1.29 is 5.11 Å². The molecule has 1 aromatic heterocycles. The highest BCUT2D eigenvalue weighted by Crippen LogP contribution is 2.23. The van der Waals surface area contributed by atoms with Crippen LogP contribution in [0.2, 0.25) is 0 Å². The fourth-order valence-corrected chi connectivity index (χ4v) is 2.27. The normalized spacial score (nSPS) is 11.0. The molecule has 2 N–H and O–H groups in total. The summed E-state index contributed by atoms with van der Waals surface area (Å²) >= 11 is 0. The second-order valence-electron chi connectivity index (χ2n) is 4.63. The van der Waals surface area contributed by atoms with Crippen LogP contribution in [0.5, 0.6) is 5.75 Å². The highest BCUT2D eigenvalue weighted by molar-refractivity contribution is 5.84. The van der Waals surface area contributed by atoms with Crippen molar-refractivity contribution in [1.82, 2.24) is 9.88 Å². The van der Waals surface area contributed by atoms with E-state index in [0.29, 0.717) is 5.75 Å². The van der Waals surface area contributed by atoms with Crippen LogP contribution in [0.25, 0.3) is 10.9 Å². The van der Waals surface area contributed by atoms with Crippen molar-refractivity contribution in [2.24, 2.45) is 0 Å². The maximum absolute atomic E-state index is 9.57.